The molecule has 6 nitrogen and oxygen atoms in total. The average Bonchev–Trinajstić information content (AvgIpc) is 3.24. The zero-order chi connectivity index (χ0) is 22.0. The quantitative estimate of drug-likeness (QED) is 0.639. The SMILES string of the molecule is Cc1ccc(C)c2sc(N3CCN(CCNC(=O)c4ccc(N(C)C)cc4)CC3)nc12. The normalized spacial score (nSPS) is 14.8. The molecule has 0 unspecified atom stereocenters. The monoisotopic (exact) mass is 437 g/mol. The van der Waals surface area contributed by atoms with Crippen LogP contribution in [0.5, 0.6) is 0 Å². The van der Waals surface area contributed by atoms with E-state index in [-0.39, 0.29) is 5.91 Å². The third-order valence-electron chi connectivity index (χ3n) is 5.93. The number of amides is 1. The fourth-order valence-electron chi connectivity index (χ4n) is 3.89. The van der Waals surface area contributed by atoms with E-state index < -0.39 is 0 Å². The van der Waals surface area contributed by atoms with Crippen molar-refractivity contribution in [3.63, 3.8) is 0 Å². The Hall–Kier alpha value is -2.64. The first kappa shape index (κ1) is 21.6. The number of carbonyl (C=O) groups is 1. The molecule has 2 heterocycles. The number of fused-ring (bicyclic) bond motifs is 1. The van der Waals surface area contributed by atoms with Crippen LogP contribution in [0.2, 0.25) is 0 Å². The molecule has 1 saturated heterocycles. The molecule has 0 radical (unpaired) electrons. The number of nitrogens with one attached hydrogen (secondary N) is 1. The minimum Gasteiger partial charge on any atom is -0.378 e. The maximum absolute atomic E-state index is 12.4. The average molecular weight is 438 g/mol. The smallest absolute Gasteiger partial charge is 0.251 e. The van der Waals surface area contributed by atoms with Crippen molar-refractivity contribution in [2.75, 3.05) is 63.2 Å². The molecule has 3 aromatic rings. The third kappa shape index (κ3) is 4.83. The van der Waals surface area contributed by atoms with E-state index in [4.69, 9.17) is 4.98 Å². The summed E-state index contributed by atoms with van der Waals surface area (Å²) in [6.07, 6.45) is 0. The highest BCUT2D eigenvalue weighted by atomic mass is 32.1. The van der Waals surface area contributed by atoms with Gasteiger partial charge in [-0.05, 0) is 49.2 Å². The number of rotatable bonds is 6. The molecule has 1 aliphatic heterocycles. The van der Waals surface area contributed by atoms with Crippen molar-refractivity contribution >= 4 is 38.3 Å². The van der Waals surface area contributed by atoms with Crippen LogP contribution in [0.3, 0.4) is 0 Å². The minimum absolute atomic E-state index is 0.0100. The van der Waals surface area contributed by atoms with Gasteiger partial charge in [0.15, 0.2) is 5.13 Å². The number of nitrogens with zero attached hydrogens (tertiary/aromatic N) is 4. The number of aryl methyl sites for hydroxylation is 2. The van der Waals surface area contributed by atoms with Crippen molar-refractivity contribution < 1.29 is 4.79 Å². The van der Waals surface area contributed by atoms with Crippen LogP contribution >= 0.6 is 11.3 Å². The second-order valence-electron chi connectivity index (χ2n) is 8.40. The molecule has 4 rings (SSSR count). The summed E-state index contributed by atoms with van der Waals surface area (Å²) in [6, 6.07) is 12.0. The number of carbonyl (C=O) groups excluding carboxylic acids is 1. The van der Waals surface area contributed by atoms with E-state index >= 15 is 0 Å². The first-order valence-electron chi connectivity index (χ1n) is 10.8. The lowest BCUT2D eigenvalue weighted by molar-refractivity contribution is 0.0948. The Balaban J connectivity index is 1.25. The number of hydrogen-bond acceptors (Lipinski definition) is 6. The molecule has 0 atom stereocenters. The molecule has 7 heteroatoms. The van der Waals surface area contributed by atoms with Gasteiger partial charge in [-0.3, -0.25) is 9.69 Å². The Morgan fingerprint density at radius 3 is 2.35 bits per heavy atom. The van der Waals surface area contributed by atoms with Gasteiger partial charge in [-0.1, -0.05) is 23.5 Å². The molecule has 31 heavy (non-hydrogen) atoms. The second kappa shape index (κ2) is 9.24. The third-order valence-corrected chi connectivity index (χ3v) is 7.18. The highest BCUT2D eigenvalue weighted by molar-refractivity contribution is 7.22. The predicted molar refractivity (Wildman–Crippen MR) is 131 cm³/mol. The molecule has 0 spiro atoms. The summed E-state index contributed by atoms with van der Waals surface area (Å²) in [6.45, 7) is 9.74. The van der Waals surface area contributed by atoms with E-state index in [2.05, 4.69) is 41.1 Å². The lowest BCUT2D eigenvalue weighted by Gasteiger charge is -2.34. The maximum atomic E-state index is 12.4. The number of piperazine rings is 1. The summed E-state index contributed by atoms with van der Waals surface area (Å²) >= 11 is 1.80. The summed E-state index contributed by atoms with van der Waals surface area (Å²) < 4.78 is 1.30. The van der Waals surface area contributed by atoms with Crippen molar-refractivity contribution in [2.45, 2.75) is 13.8 Å². The van der Waals surface area contributed by atoms with Gasteiger partial charge in [0.25, 0.3) is 5.91 Å². The highest BCUT2D eigenvalue weighted by Gasteiger charge is 2.20. The van der Waals surface area contributed by atoms with E-state index in [0.717, 1.165) is 49.1 Å². The minimum atomic E-state index is -0.0100. The number of anilines is 2. The molecule has 1 aliphatic rings. The Labute approximate surface area is 188 Å². The van der Waals surface area contributed by atoms with Gasteiger partial charge < -0.3 is 15.1 Å². The van der Waals surface area contributed by atoms with Gasteiger partial charge in [-0.25, -0.2) is 4.98 Å². The molecule has 0 saturated carbocycles. The zero-order valence-electron chi connectivity index (χ0n) is 18.8. The van der Waals surface area contributed by atoms with Gasteiger partial charge in [0.05, 0.1) is 10.2 Å². The summed E-state index contributed by atoms with van der Waals surface area (Å²) in [5.41, 5.74) is 5.48. The molecule has 2 aromatic carbocycles. The molecule has 1 N–H and O–H groups in total. The highest BCUT2D eigenvalue weighted by Crippen LogP contribution is 2.33. The van der Waals surface area contributed by atoms with Gasteiger partial charge in [-0.2, -0.15) is 0 Å². The fourth-order valence-corrected chi connectivity index (χ4v) is 5.05. The lowest BCUT2D eigenvalue weighted by atomic mass is 10.1. The number of benzene rings is 2. The Kier molecular flexibility index (Phi) is 6.43. The van der Waals surface area contributed by atoms with Crippen LogP contribution in [0.15, 0.2) is 36.4 Å². The predicted octanol–water partition coefficient (Wildman–Crippen LogP) is 3.53. The lowest BCUT2D eigenvalue weighted by Crippen LogP contribution is -2.48. The molecule has 1 fully saturated rings. The van der Waals surface area contributed by atoms with E-state index in [0.29, 0.717) is 12.1 Å². The van der Waals surface area contributed by atoms with Crippen LogP contribution in [0.25, 0.3) is 10.2 Å². The molecule has 1 aromatic heterocycles. The molecular weight excluding hydrogens is 406 g/mol. The largest absolute Gasteiger partial charge is 0.378 e. The van der Waals surface area contributed by atoms with Crippen LogP contribution < -0.4 is 15.1 Å². The molecule has 164 valence electrons. The fraction of sp³-hybridized carbons (Fsp3) is 0.417. The van der Waals surface area contributed by atoms with Crippen molar-refractivity contribution in [2.24, 2.45) is 0 Å². The first-order valence-corrected chi connectivity index (χ1v) is 11.6. The zero-order valence-corrected chi connectivity index (χ0v) is 19.6. The molecular formula is C24H31N5OS. The number of hydrogen-bond donors (Lipinski definition) is 1. The summed E-state index contributed by atoms with van der Waals surface area (Å²) in [4.78, 5) is 24.1. The van der Waals surface area contributed by atoms with Crippen LogP contribution in [-0.2, 0) is 0 Å². The molecule has 0 bridgehead atoms. The summed E-state index contributed by atoms with van der Waals surface area (Å²) in [5.74, 6) is -0.0100. The van der Waals surface area contributed by atoms with E-state index in [1.807, 2.05) is 43.3 Å². The maximum Gasteiger partial charge on any atom is 0.251 e. The van der Waals surface area contributed by atoms with Crippen molar-refractivity contribution in [3.8, 4) is 0 Å². The van der Waals surface area contributed by atoms with Crippen LogP contribution in [0, 0.1) is 13.8 Å². The molecule has 1 amide bonds. The van der Waals surface area contributed by atoms with E-state index in [9.17, 15) is 4.79 Å². The Bertz CT molecular complexity index is 1010. The Morgan fingerprint density at radius 2 is 1.71 bits per heavy atom. The van der Waals surface area contributed by atoms with Gasteiger partial charge in [0, 0.05) is 64.6 Å². The topological polar surface area (TPSA) is 51.7 Å². The van der Waals surface area contributed by atoms with Gasteiger partial charge in [-0.15, -0.1) is 0 Å². The first-order chi connectivity index (χ1) is 14.9. The Morgan fingerprint density at radius 1 is 1.03 bits per heavy atom. The second-order valence-corrected chi connectivity index (χ2v) is 9.38. The van der Waals surface area contributed by atoms with E-state index in [1.165, 1.54) is 15.8 Å². The number of aromatic nitrogens is 1. The van der Waals surface area contributed by atoms with Gasteiger partial charge in [0.2, 0.25) is 0 Å². The summed E-state index contributed by atoms with van der Waals surface area (Å²) in [5, 5.41) is 4.18. The van der Waals surface area contributed by atoms with Gasteiger partial charge in [0.1, 0.15) is 0 Å². The van der Waals surface area contributed by atoms with Crippen LogP contribution in [0.1, 0.15) is 21.5 Å². The molecule has 0 aliphatic carbocycles. The summed E-state index contributed by atoms with van der Waals surface area (Å²) in [7, 11) is 3.99. The van der Waals surface area contributed by atoms with Crippen molar-refractivity contribution in [3.05, 3.63) is 53.1 Å². The van der Waals surface area contributed by atoms with Gasteiger partial charge >= 0.3 is 0 Å². The van der Waals surface area contributed by atoms with Crippen molar-refractivity contribution in [1.29, 1.82) is 0 Å². The van der Waals surface area contributed by atoms with Crippen LogP contribution in [0.4, 0.5) is 10.8 Å². The number of thiazole rings is 1. The van der Waals surface area contributed by atoms with Crippen LogP contribution in [-0.4, -0.2) is 69.2 Å². The van der Waals surface area contributed by atoms with Crippen molar-refractivity contribution in [1.82, 2.24) is 15.2 Å². The standard InChI is InChI=1S/C24H31N5OS/c1-17-5-6-18(2)22-21(17)26-24(31-22)29-15-13-28(14-16-29)12-11-25-23(30)19-7-9-20(10-8-19)27(3)4/h5-10H,11-16H2,1-4H3,(H,25,30). The van der Waals surface area contributed by atoms with E-state index in [1.54, 1.807) is 11.3 Å².